The van der Waals surface area contributed by atoms with Gasteiger partial charge in [-0.1, -0.05) is 48.5 Å². The number of hydrogen-bond acceptors (Lipinski definition) is 5. The number of rotatable bonds is 8. The van der Waals surface area contributed by atoms with E-state index in [1.165, 1.54) is 0 Å². The number of ether oxygens (including phenoxy) is 3. The average Bonchev–Trinajstić information content (AvgIpc) is 3.36. The van der Waals surface area contributed by atoms with Crippen molar-refractivity contribution in [1.82, 2.24) is 4.90 Å². The molecule has 5 rings (SSSR count). The van der Waals surface area contributed by atoms with Crippen LogP contribution in [0.25, 0.3) is 0 Å². The van der Waals surface area contributed by atoms with Crippen LogP contribution in [-0.4, -0.2) is 48.8 Å². The molecule has 2 fully saturated rings. The van der Waals surface area contributed by atoms with E-state index < -0.39 is 0 Å². The van der Waals surface area contributed by atoms with Gasteiger partial charge in [-0.2, -0.15) is 0 Å². The molecule has 182 valence electrons. The van der Waals surface area contributed by atoms with Gasteiger partial charge < -0.3 is 19.5 Å². The van der Waals surface area contributed by atoms with Crippen molar-refractivity contribution in [3.8, 4) is 11.5 Å². The van der Waals surface area contributed by atoms with Crippen LogP contribution in [0.1, 0.15) is 24.8 Å². The summed E-state index contributed by atoms with van der Waals surface area (Å²) < 4.78 is 18.4. The molecule has 3 aromatic carbocycles. The Bertz CT molecular complexity index is 1080. The summed E-state index contributed by atoms with van der Waals surface area (Å²) in [4.78, 5) is 15.0. The molecule has 2 saturated heterocycles. The first-order valence-electron chi connectivity index (χ1n) is 12.3. The van der Waals surface area contributed by atoms with Crippen LogP contribution < -0.4 is 10.1 Å². The smallest absolute Gasteiger partial charge is 0.238 e. The molecule has 0 saturated carbocycles. The van der Waals surface area contributed by atoms with Crippen molar-refractivity contribution in [2.45, 2.75) is 37.6 Å². The summed E-state index contributed by atoms with van der Waals surface area (Å²) >= 11 is 0. The Balaban J connectivity index is 1.15. The van der Waals surface area contributed by atoms with Crippen molar-refractivity contribution in [2.75, 3.05) is 31.6 Å². The van der Waals surface area contributed by atoms with Gasteiger partial charge in [0, 0.05) is 25.4 Å². The van der Waals surface area contributed by atoms with Crippen LogP contribution in [0.3, 0.4) is 0 Å². The number of para-hydroxylation sites is 1. The Hall–Kier alpha value is -3.19. The first-order chi connectivity index (χ1) is 17.2. The number of piperidine rings is 1. The van der Waals surface area contributed by atoms with Gasteiger partial charge in [0.1, 0.15) is 11.5 Å². The second-order valence-electron chi connectivity index (χ2n) is 9.27. The minimum Gasteiger partial charge on any atom is -0.457 e. The quantitative estimate of drug-likeness (QED) is 0.485. The zero-order valence-electron chi connectivity index (χ0n) is 19.9. The predicted octanol–water partition coefficient (Wildman–Crippen LogP) is 5.26. The number of benzene rings is 3. The number of amides is 1. The number of carbonyl (C=O) groups is 1. The number of nitrogens with zero attached hydrogens (tertiary/aromatic N) is 1. The zero-order chi connectivity index (χ0) is 23.9. The van der Waals surface area contributed by atoms with E-state index in [2.05, 4.69) is 22.3 Å². The third-order valence-corrected chi connectivity index (χ3v) is 6.77. The molecule has 1 N–H and O–H groups in total. The third kappa shape index (κ3) is 6.09. The minimum absolute atomic E-state index is 0.0353. The summed E-state index contributed by atoms with van der Waals surface area (Å²) in [5.74, 6) is 1.47. The highest BCUT2D eigenvalue weighted by Crippen LogP contribution is 2.38. The molecule has 6 heteroatoms. The highest BCUT2D eigenvalue weighted by atomic mass is 16.6. The van der Waals surface area contributed by atoms with E-state index >= 15 is 0 Å². The highest BCUT2D eigenvalue weighted by Gasteiger charge is 2.47. The molecule has 0 aliphatic carbocycles. The van der Waals surface area contributed by atoms with Crippen LogP contribution >= 0.6 is 0 Å². The standard InChI is InChI=1S/C29H32N2O4/c32-28(30-24-12-14-26(15-13-24)35-25-10-5-2-6-11-25)21-31-18-17-29(16-7-19-34-29)27(20-31)33-22-23-8-3-1-4-9-23/h1-6,8-15,27H,7,16-22H2,(H,30,32)/t27-,29+/m0/s1. The number of hydrogen-bond donors (Lipinski definition) is 1. The van der Waals surface area contributed by atoms with Crippen LogP contribution in [0.5, 0.6) is 11.5 Å². The summed E-state index contributed by atoms with van der Waals surface area (Å²) in [7, 11) is 0. The van der Waals surface area contributed by atoms with Crippen LogP contribution in [-0.2, 0) is 20.9 Å². The first kappa shape index (κ1) is 23.5. The predicted molar refractivity (Wildman–Crippen MR) is 136 cm³/mol. The molecule has 0 bridgehead atoms. The Morgan fingerprint density at radius 3 is 2.37 bits per heavy atom. The summed E-state index contributed by atoms with van der Waals surface area (Å²) in [5.41, 5.74) is 1.67. The topological polar surface area (TPSA) is 60.0 Å². The summed E-state index contributed by atoms with van der Waals surface area (Å²) in [5, 5.41) is 3.01. The van der Waals surface area contributed by atoms with Crippen molar-refractivity contribution in [3.63, 3.8) is 0 Å². The molecule has 0 unspecified atom stereocenters. The van der Waals surface area contributed by atoms with E-state index in [4.69, 9.17) is 14.2 Å². The number of anilines is 1. The van der Waals surface area contributed by atoms with Crippen LogP contribution in [0.15, 0.2) is 84.9 Å². The number of nitrogens with one attached hydrogen (secondary N) is 1. The zero-order valence-corrected chi connectivity index (χ0v) is 19.9. The van der Waals surface area contributed by atoms with E-state index in [9.17, 15) is 4.79 Å². The van der Waals surface area contributed by atoms with Crippen molar-refractivity contribution >= 4 is 11.6 Å². The summed E-state index contributed by atoms with van der Waals surface area (Å²) in [6.07, 6.45) is 2.91. The Labute approximate surface area is 206 Å². The maximum Gasteiger partial charge on any atom is 0.238 e. The molecule has 2 aliphatic heterocycles. The SMILES string of the molecule is O=C(CN1CC[C@]2(CCCO2)[C@@H](OCc2ccccc2)C1)Nc1ccc(Oc2ccccc2)cc1. The normalized spacial score (nSPS) is 22.2. The molecule has 2 heterocycles. The van der Waals surface area contributed by atoms with Gasteiger partial charge >= 0.3 is 0 Å². The number of carbonyl (C=O) groups excluding carboxylic acids is 1. The second-order valence-corrected chi connectivity index (χ2v) is 9.27. The lowest BCUT2D eigenvalue weighted by Gasteiger charge is -2.44. The number of likely N-dealkylation sites (tertiary alicyclic amines) is 1. The van der Waals surface area contributed by atoms with Crippen molar-refractivity contribution in [2.24, 2.45) is 0 Å². The van der Waals surface area contributed by atoms with Gasteiger partial charge in [0.25, 0.3) is 0 Å². The van der Waals surface area contributed by atoms with Gasteiger partial charge in [-0.05, 0) is 61.2 Å². The van der Waals surface area contributed by atoms with Crippen LogP contribution in [0, 0.1) is 0 Å². The summed E-state index contributed by atoms with van der Waals surface area (Å²) in [6.45, 7) is 3.17. The van der Waals surface area contributed by atoms with Gasteiger partial charge in [0.15, 0.2) is 0 Å². The Morgan fingerprint density at radius 2 is 1.66 bits per heavy atom. The molecule has 2 aliphatic rings. The Kier molecular flexibility index (Phi) is 7.42. The third-order valence-electron chi connectivity index (χ3n) is 6.77. The minimum atomic E-state index is -0.226. The van der Waals surface area contributed by atoms with Crippen LogP contribution in [0.4, 0.5) is 5.69 Å². The summed E-state index contributed by atoms with van der Waals surface area (Å²) in [6, 6.07) is 27.3. The van der Waals surface area contributed by atoms with E-state index in [0.717, 1.165) is 55.2 Å². The van der Waals surface area contributed by atoms with E-state index in [-0.39, 0.29) is 17.6 Å². The fourth-order valence-electron chi connectivity index (χ4n) is 4.92. The second kappa shape index (κ2) is 11.0. The van der Waals surface area contributed by atoms with Gasteiger partial charge in [0.2, 0.25) is 5.91 Å². The van der Waals surface area contributed by atoms with Crippen molar-refractivity contribution in [3.05, 3.63) is 90.5 Å². The maximum atomic E-state index is 12.8. The molecular weight excluding hydrogens is 440 g/mol. The van der Waals surface area contributed by atoms with E-state index in [1.807, 2.05) is 72.8 Å². The lowest BCUT2D eigenvalue weighted by molar-refractivity contribution is -0.159. The Morgan fingerprint density at radius 1 is 0.943 bits per heavy atom. The lowest BCUT2D eigenvalue weighted by Crippen LogP contribution is -2.57. The van der Waals surface area contributed by atoms with Gasteiger partial charge in [-0.15, -0.1) is 0 Å². The molecule has 1 spiro atoms. The van der Waals surface area contributed by atoms with Gasteiger partial charge in [0.05, 0.1) is 24.9 Å². The molecule has 3 aromatic rings. The van der Waals surface area contributed by atoms with Crippen molar-refractivity contribution < 1.29 is 19.0 Å². The average molecular weight is 473 g/mol. The van der Waals surface area contributed by atoms with Gasteiger partial charge in [-0.25, -0.2) is 0 Å². The monoisotopic (exact) mass is 472 g/mol. The fourth-order valence-corrected chi connectivity index (χ4v) is 4.92. The largest absolute Gasteiger partial charge is 0.457 e. The van der Waals surface area contributed by atoms with E-state index in [0.29, 0.717) is 19.7 Å². The lowest BCUT2D eigenvalue weighted by atomic mass is 9.85. The molecule has 35 heavy (non-hydrogen) atoms. The van der Waals surface area contributed by atoms with E-state index in [1.54, 1.807) is 0 Å². The van der Waals surface area contributed by atoms with Crippen LogP contribution in [0.2, 0.25) is 0 Å². The molecule has 6 nitrogen and oxygen atoms in total. The fraction of sp³-hybridized carbons (Fsp3) is 0.345. The molecule has 2 atom stereocenters. The first-order valence-corrected chi connectivity index (χ1v) is 12.3. The molecule has 1 amide bonds. The van der Waals surface area contributed by atoms with Crippen molar-refractivity contribution in [1.29, 1.82) is 0 Å². The highest BCUT2D eigenvalue weighted by molar-refractivity contribution is 5.92. The maximum absolute atomic E-state index is 12.8. The molecule has 0 aromatic heterocycles. The molecular formula is C29H32N2O4. The van der Waals surface area contributed by atoms with Gasteiger partial charge in [-0.3, -0.25) is 9.69 Å². The molecule has 0 radical (unpaired) electrons.